The lowest BCUT2D eigenvalue weighted by atomic mass is 10.1. The molecule has 3 rings (SSSR count). The van der Waals surface area contributed by atoms with Crippen LogP contribution in [0.2, 0.25) is 0 Å². The number of hydrogen-bond acceptors (Lipinski definition) is 5. The molecular weight excluding hydrogens is 265 g/mol. The number of halogens is 1. The van der Waals surface area contributed by atoms with Crippen LogP contribution < -0.4 is 5.32 Å². The van der Waals surface area contributed by atoms with Crippen LogP contribution in [0.5, 0.6) is 0 Å². The molecule has 0 saturated carbocycles. The predicted molar refractivity (Wildman–Crippen MR) is 72.0 cm³/mol. The third kappa shape index (κ3) is 3.08. The second-order valence-corrected chi connectivity index (χ2v) is 5.54. The maximum Gasteiger partial charge on any atom is 0.205 e. The molecule has 1 aromatic carbocycles. The maximum absolute atomic E-state index is 13.5. The maximum atomic E-state index is 13.5. The molecule has 100 valence electrons. The molecule has 19 heavy (non-hydrogen) atoms. The molecule has 1 fully saturated rings. The molecule has 1 aliphatic rings. The first-order valence-corrected chi connectivity index (χ1v) is 7.03. The summed E-state index contributed by atoms with van der Waals surface area (Å²) in [6.45, 7) is 1.50. The minimum Gasteiger partial charge on any atom is -0.379 e. The molecular formula is C13H14FN3OS. The van der Waals surface area contributed by atoms with E-state index in [4.69, 9.17) is 4.74 Å². The molecule has 1 aliphatic heterocycles. The molecule has 0 spiro atoms. The van der Waals surface area contributed by atoms with Crippen molar-refractivity contribution in [2.24, 2.45) is 0 Å². The zero-order valence-corrected chi connectivity index (χ0v) is 11.1. The molecule has 1 unspecified atom stereocenters. The molecule has 0 amide bonds. The SMILES string of the molecule is Fc1ccccc1Cc1nnc(NC2CCOC2)s1. The zero-order chi connectivity index (χ0) is 13.1. The Morgan fingerprint density at radius 1 is 1.37 bits per heavy atom. The van der Waals surface area contributed by atoms with E-state index in [1.54, 1.807) is 12.1 Å². The largest absolute Gasteiger partial charge is 0.379 e. The highest BCUT2D eigenvalue weighted by Gasteiger charge is 2.17. The van der Waals surface area contributed by atoms with Gasteiger partial charge < -0.3 is 10.1 Å². The third-order valence-corrected chi connectivity index (χ3v) is 3.88. The fourth-order valence-electron chi connectivity index (χ4n) is 2.01. The molecule has 1 N–H and O–H groups in total. The molecule has 1 saturated heterocycles. The first kappa shape index (κ1) is 12.5. The monoisotopic (exact) mass is 279 g/mol. The number of rotatable bonds is 4. The van der Waals surface area contributed by atoms with Crippen LogP contribution in [0, 0.1) is 5.82 Å². The minimum absolute atomic E-state index is 0.198. The van der Waals surface area contributed by atoms with Crippen molar-refractivity contribution in [1.82, 2.24) is 10.2 Å². The van der Waals surface area contributed by atoms with Crippen LogP contribution in [0.4, 0.5) is 9.52 Å². The van der Waals surface area contributed by atoms with Crippen molar-refractivity contribution in [3.8, 4) is 0 Å². The van der Waals surface area contributed by atoms with E-state index in [9.17, 15) is 4.39 Å². The summed E-state index contributed by atoms with van der Waals surface area (Å²) in [6.07, 6.45) is 1.47. The van der Waals surface area contributed by atoms with Gasteiger partial charge in [0, 0.05) is 13.0 Å². The highest BCUT2D eigenvalue weighted by Crippen LogP contribution is 2.21. The molecule has 0 aliphatic carbocycles. The van der Waals surface area contributed by atoms with E-state index in [-0.39, 0.29) is 5.82 Å². The second-order valence-electron chi connectivity index (χ2n) is 4.47. The van der Waals surface area contributed by atoms with Crippen LogP contribution in [-0.4, -0.2) is 29.5 Å². The number of ether oxygens (including phenoxy) is 1. The number of hydrogen-bond donors (Lipinski definition) is 1. The van der Waals surface area contributed by atoms with E-state index in [0.717, 1.165) is 23.2 Å². The van der Waals surface area contributed by atoms with Crippen molar-refractivity contribution in [3.63, 3.8) is 0 Å². The first-order chi connectivity index (χ1) is 9.31. The average molecular weight is 279 g/mol. The highest BCUT2D eigenvalue weighted by molar-refractivity contribution is 7.15. The van der Waals surface area contributed by atoms with Gasteiger partial charge >= 0.3 is 0 Å². The Bertz CT molecular complexity index is 554. The van der Waals surface area contributed by atoms with Gasteiger partial charge in [0.05, 0.1) is 12.6 Å². The van der Waals surface area contributed by atoms with Crippen molar-refractivity contribution >= 4 is 16.5 Å². The summed E-state index contributed by atoms with van der Waals surface area (Å²) in [5.41, 5.74) is 0.648. The molecule has 0 radical (unpaired) electrons. The summed E-state index contributed by atoms with van der Waals surface area (Å²) in [5.74, 6) is -0.198. The smallest absolute Gasteiger partial charge is 0.205 e. The molecule has 6 heteroatoms. The predicted octanol–water partition coefficient (Wildman–Crippen LogP) is 2.47. The quantitative estimate of drug-likeness (QED) is 0.934. The van der Waals surface area contributed by atoms with Gasteiger partial charge in [0.2, 0.25) is 5.13 Å². The normalized spacial score (nSPS) is 18.7. The van der Waals surface area contributed by atoms with Crippen LogP contribution in [0.3, 0.4) is 0 Å². The van der Waals surface area contributed by atoms with E-state index in [1.807, 2.05) is 6.07 Å². The summed E-state index contributed by atoms with van der Waals surface area (Å²) in [6, 6.07) is 7.06. The van der Waals surface area contributed by atoms with Crippen molar-refractivity contribution in [3.05, 3.63) is 40.7 Å². The number of nitrogens with zero attached hydrogens (tertiary/aromatic N) is 2. The van der Waals surface area contributed by atoms with Gasteiger partial charge in [-0.25, -0.2) is 4.39 Å². The number of benzene rings is 1. The zero-order valence-electron chi connectivity index (χ0n) is 10.3. The van der Waals surface area contributed by atoms with E-state index < -0.39 is 0 Å². The summed E-state index contributed by atoms with van der Waals surface area (Å²) < 4.78 is 18.8. The molecule has 1 aromatic heterocycles. The van der Waals surface area contributed by atoms with Crippen molar-refractivity contribution in [1.29, 1.82) is 0 Å². The van der Waals surface area contributed by atoms with Gasteiger partial charge in [-0.1, -0.05) is 29.5 Å². The summed E-state index contributed by atoms with van der Waals surface area (Å²) in [7, 11) is 0. The summed E-state index contributed by atoms with van der Waals surface area (Å²) in [5, 5.41) is 13.1. The second kappa shape index (κ2) is 5.63. The Morgan fingerprint density at radius 2 is 2.26 bits per heavy atom. The number of anilines is 1. The lowest BCUT2D eigenvalue weighted by Gasteiger charge is -2.06. The van der Waals surface area contributed by atoms with Gasteiger partial charge in [-0.15, -0.1) is 10.2 Å². The Kier molecular flexibility index (Phi) is 3.70. The van der Waals surface area contributed by atoms with Crippen molar-refractivity contribution in [2.45, 2.75) is 18.9 Å². The van der Waals surface area contributed by atoms with Crippen LogP contribution in [0.15, 0.2) is 24.3 Å². The van der Waals surface area contributed by atoms with Crippen molar-refractivity contribution in [2.75, 3.05) is 18.5 Å². The topological polar surface area (TPSA) is 47.0 Å². The first-order valence-electron chi connectivity index (χ1n) is 6.21. The summed E-state index contributed by atoms with van der Waals surface area (Å²) in [4.78, 5) is 0. The van der Waals surface area contributed by atoms with E-state index in [1.165, 1.54) is 17.4 Å². The van der Waals surface area contributed by atoms with Gasteiger partial charge in [-0.3, -0.25) is 0 Å². The van der Waals surface area contributed by atoms with Gasteiger partial charge in [0.25, 0.3) is 0 Å². The molecule has 0 bridgehead atoms. The number of aromatic nitrogens is 2. The lowest BCUT2D eigenvalue weighted by molar-refractivity contribution is 0.195. The summed E-state index contributed by atoms with van der Waals surface area (Å²) >= 11 is 1.47. The van der Waals surface area contributed by atoms with Crippen LogP contribution in [-0.2, 0) is 11.2 Å². The average Bonchev–Trinajstić information content (AvgIpc) is 3.05. The standard InChI is InChI=1S/C13H14FN3OS/c14-11-4-2-1-3-9(11)7-12-16-17-13(19-12)15-10-5-6-18-8-10/h1-4,10H,5-8H2,(H,15,17). The third-order valence-electron chi connectivity index (χ3n) is 3.02. The van der Waals surface area contributed by atoms with Crippen LogP contribution in [0.1, 0.15) is 17.0 Å². The Morgan fingerprint density at radius 3 is 3.05 bits per heavy atom. The number of nitrogens with one attached hydrogen (secondary N) is 1. The van der Waals surface area contributed by atoms with Crippen molar-refractivity contribution < 1.29 is 9.13 Å². The lowest BCUT2D eigenvalue weighted by Crippen LogP contribution is -2.18. The van der Waals surface area contributed by atoms with Crippen LogP contribution >= 0.6 is 11.3 Å². The Hall–Kier alpha value is -1.53. The van der Waals surface area contributed by atoms with Gasteiger partial charge in [0.15, 0.2) is 0 Å². The molecule has 4 nitrogen and oxygen atoms in total. The fourth-order valence-corrected chi connectivity index (χ4v) is 2.85. The van der Waals surface area contributed by atoms with Crippen LogP contribution in [0.25, 0.3) is 0 Å². The minimum atomic E-state index is -0.198. The highest BCUT2D eigenvalue weighted by atomic mass is 32.1. The van der Waals surface area contributed by atoms with Gasteiger partial charge in [0.1, 0.15) is 10.8 Å². The molecule has 2 aromatic rings. The Labute approximate surface area is 114 Å². The fraction of sp³-hybridized carbons (Fsp3) is 0.385. The Balaban J connectivity index is 1.66. The molecule has 2 heterocycles. The van der Waals surface area contributed by atoms with Gasteiger partial charge in [-0.05, 0) is 18.1 Å². The molecule has 1 atom stereocenters. The van der Waals surface area contributed by atoms with Gasteiger partial charge in [-0.2, -0.15) is 0 Å². The van der Waals surface area contributed by atoms with E-state index in [2.05, 4.69) is 15.5 Å². The van der Waals surface area contributed by atoms with E-state index >= 15 is 0 Å². The van der Waals surface area contributed by atoms with E-state index in [0.29, 0.717) is 24.6 Å².